The quantitative estimate of drug-likeness (QED) is 0.826. The molecule has 0 aliphatic carbocycles. The molecule has 96 valence electrons. The van der Waals surface area contributed by atoms with Gasteiger partial charge >= 0.3 is 0 Å². The van der Waals surface area contributed by atoms with Crippen LogP contribution in [0.2, 0.25) is 0 Å². The van der Waals surface area contributed by atoms with Gasteiger partial charge < -0.3 is 5.11 Å². The molecule has 0 aromatic heterocycles. The van der Waals surface area contributed by atoms with Gasteiger partial charge in [-0.15, -0.1) is 0 Å². The molecule has 1 aliphatic heterocycles. The van der Waals surface area contributed by atoms with Crippen LogP contribution in [0.5, 0.6) is 0 Å². The average Bonchev–Trinajstić information content (AvgIpc) is 2.45. The predicted molar refractivity (Wildman–Crippen MR) is 66.0 cm³/mol. The smallest absolute Gasteiger partial charge is 0.150 e. The third kappa shape index (κ3) is 4.42. The summed E-state index contributed by atoms with van der Waals surface area (Å²) in [7, 11) is -2.82. The van der Waals surface area contributed by atoms with E-state index in [0.717, 1.165) is 19.3 Å². The van der Waals surface area contributed by atoms with Crippen molar-refractivity contribution >= 4 is 9.84 Å². The molecule has 0 aromatic rings. The molecule has 1 aliphatic rings. The normalized spacial score (nSPS) is 26.9. The lowest BCUT2D eigenvalue weighted by Gasteiger charge is -2.25. The molecule has 1 heterocycles. The first-order valence-electron chi connectivity index (χ1n) is 6.05. The number of aliphatic hydroxyl groups is 1. The van der Waals surface area contributed by atoms with Gasteiger partial charge in [0.25, 0.3) is 0 Å². The minimum absolute atomic E-state index is 0.121. The second kappa shape index (κ2) is 5.05. The third-order valence-electron chi connectivity index (χ3n) is 3.43. The van der Waals surface area contributed by atoms with Gasteiger partial charge in [0.1, 0.15) is 0 Å². The van der Waals surface area contributed by atoms with E-state index in [2.05, 4.69) is 20.8 Å². The highest BCUT2D eigenvalue weighted by Crippen LogP contribution is 2.32. The highest BCUT2D eigenvalue weighted by Gasteiger charge is 2.33. The summed E-state index contributed by atoms with van der Waals surface area (Å²) in [6.45, 7) is 6.64. The van der Waals surface area contributed by atoms with Crippen LogP contribution >= 0.6 is 0 Å². The number of rotatable bonds is 4. The van der Waals surface area contributed by atoms with Crippen LogP contribution in [0.15, 0.2) is 0 Å². The molecule has 3 nitrogen and oxygen atoms in total. The zero-order valence-electron chi connectivity index (χ0n) is 10.6. The van der Waals surface area contributed by atoms with Crippen LogP contribution in [0.25, 0.3) is 0 Å². The van der Waals surface area contributed by atoms with Crippen LogP contribution in [0, 0.1) is 17.3 Å². The van der Waals surface area contributed by atoms with E-state index >= 15 is 0 Å². The molecule has 4 heteroatoms. The van der Waals surface area contributed by atoms with Crippen LogP contribution in [-0.4, -0.2) is 31.6 Å². The Hall–Kier alpha value is -0.0900. The molecular formula is C12H24O3S. The Morgan fingerprint density at radius 2 is 2.00 bits per heavy atom. The van der Waals surface area contributed by atoms with Gasteiger partial charge in [-0.1, -0.05) is 20.8 Å². The van der Waals surface area contributed by atoms with Crippen LogP contribution in [0.4, 0.5) is 0 Å². The standard InChI is InChI=1S/C12H24O3S/c1-12(2,3)6-4-10(8-13)11-5-7-16(14,15)9-11/h10-11,13H,4-9H2,1-3H3. The maximum atomic E-state index is 11.4. The minimum atomic E-state index is -2.82. The van der Waals surface area contributed by atoms with E-state index in [1.165, 1.54) is 0 Å². The summed E-state index contributed by atoms with van der Waals surface area (Å²) in [6.07, 6.45) is 2.70. The lowest BCUT2D eigenvalue weighted by molar-refractivity contribution is 0.160. The number of aliphatic hydroxyl groups excluding tert-OH is 1. The van der Waals surface area contributed by atoms with Crippen molar-refractivity contribution in [2.45, 2.75) is 40.0 Å². The van der Waals surface area contributed by atoms with E-state index in [4.69, 9.17) is 0 Å². The van der Waals surface area contributed by atoms with Gasteiger partial charge in [0.2, 0.25) is 0 Å². The van der Waals surface area contributed by atoms with Crippen LogP contribution < -0.4 is 0 Å². The van der Waals surface area contributed by atoms with Crippen molar-refractivity contribution < 1.29 is 13.5 Å². The zero-order valence-corrected chi connectivity index (χ0v) is 11.4. The van der Waals surface area contributed by atoms with Gasteiger partial charge in [0.05, 0.1) is 11.5 Å². The third-order valence-corrected chi connectivity index (χ3v) is 5.23. The highest BCUT2D eigenvalue weighted by atomic mass is 32.2. The Morgan fingerprint density at radius 1 is 1.38 bits per heavy atom. The molecule has 2 unspecified atom stereocenters. The molecular weight excluding hydrogens is 224 g/mol. The summed E-state index contributed by atoms with van der Waals surface area (Å²) < 4.78 is 22.8. The van der Waals surface area contributed by atoms with Crippen molar-refractivity contribution in [1.29, 1.82) is 0 Å². The highest BCUT2D eigenvalue weighted by molar-refractivity contribution is 7.91. The molecule has 0 radical (unpaired) electrons. The Morgan fingerprint density at radius 3 is 2.38 bits per heavy atom. The zero-order chi connectivity index (χ0) is 12.4. The summed E-state index contributed by atoms with van der Waals surface area (Å²) in [4.78, 5) is 0. The number of sulfone groups is 1. The topological polar surface area (TPSA) is 54.4 Å². The maximum Gasteiger partial charge on any atom is 0.150 e. The molecule has 0 saturated carbocycles. The lowest BCUT2D eigenvalue weighted by atomic mass is 9.82. The fourth-order valence-electron chi connectivity index (χ4n) is 2.29. The summed E-state index contributed by atoms with van der Waals surface area (Å²) in [5, 5.41) is 9.36. The van der Waals surface area contributed by atoms with Crippen molar-refractivity contribution in [3.8, 4) is 0 Å². The molecule has 0 bridgehead atoms. The molecule has 1 rings (SSSR count). The van der Waals surface area contributed by atoms with Gasteiger partial charge in [-0.3, -0.25) is 0 Å². The Labute approximate surface area is 99.2 Å². The number of hydrogen-bond acceptors (Lipinski definition) is 3. The molecule has 0 aromatic carbocycles. The lowest BCUT2D eigenvalue weighted by Crippen LogP contribution is -2.22. The first-order valence-corrected chi connectivity index (χ1v) is 7.87. The fourth-order valence-corrected chi connectivity index (χ4v) is 4.21. The van der Waals surface area contributed by atoms with Crippen LogP contribution in [-0.2, 0) is 9.84 Å². The van der Waals surface area contributed by atoms with Crippen molar-refractivity contribution in [3.05, 3.63) is 0 Å². The molecule has 0 amide bonds. The van der Waals surface area contributed by atoms with E-state index in [9.17, 15) is 13.5 Å². The maximum absolute atomic E-state index is 11.4. The average molecular weight is 248 g/mol. The first-order chi connectivity index (χ1) is 7.23. The van der Waals surface area contributed by atoms with Gasteiger partial charge in [-0.2, -0.15) is 0 Å². The molecule has 16 heavy (non-hydrogen) atoms. The van der Waals surface area contributed by atoms with Crippen molar-refractivity contribution in [2.24, 2.45) is 17.3 Å². The number of hydrogen-bond donors (Lipinski definition) is 1. The second-order valence-corrected chi connectivity index (χ2v) is 8.43. The SMILES string of the molecule is CC(C)(C)CCC(CO)C1CCS(=O)(=O)C1. The summed E-state index contributed by atoms with van der Waals surface area (Å²) in [6, 6.07) is 0. The fraction of sp³-hybridized carbons (Fsp3) is 1.00. The monoisotopic (exact) mass is 248 g/mol. The van der Waals surface area contributed by atoms with E-state index in [1.54, 1.807) is 0 Å². The van der Waals surface area contributed by atoms with E-state index < -0.39 is 9.84 Å². The van der Waals surface area contributed by atoms with Gasteiger partial charge in [-0.05, 0) is 36.5 Å². The summed E-state index contributed by atoms with van der Waals surface area (Å²) in [5.74, 6) is 0.931. The Kier molecular flexibility index (Phi) is 4.41. The van der Waals surface area contributed by atoms with E-state index in [1.807, 2.05) is 0 Å². The molecule has 1 fully saturated rings. The van der Waals surface area contributed by atoms with Crippen molar-refractivity contribution in [1.82, 2.24) is 0 Å². The van der Waals surface area contributed by atoms with E-state index in [-0.39, 0.29) is 29.6 Å². The summed E-state index contributed by atoms with van der Waals surface area (Å²) in [5.41, 5.74) is 0.255. The van der Waals surface area contributed by atoms with Crippen LogP contribution in [0.1, 0.15) is 40.0 Å². The van der Waals surface area contributed by atoms with Gasteiger partial charge in [0.15, 0.2) is 9.84 Å². The summed E-state index contributed by atoms with van der Waals surface area (Å²) >= 11 is 0. The Bertz CT molecular complexity index is 314. The molecule has 1 N–H and O–H groups in total. The second-order valence-electron chi connectivity index (χ2n) is 6.21. The van der Waals surface area contributed by atoms with E-state index in [0.29, 0.717) is 5.75 Å². The largest absolute Gasteiger partial charge is 0.396 e. The Balaban J connectivity index is 2.50. The molecule has 1 saturated heterocycles. The van der Waals surface area contributed by atoms with Crippen molar-refractivity contribution in [3.63, 3.8) is 0 Å². The van der Waals surface area contributed by atoms with Crippen molar-refractivity contribution in [2.75, 3.05) is 18.1 Å². The molecule has 0 spiro atoms. The first kappa shape index (κ1) is 14.0. The van der Waals surface area contributed by atoms with Gasteiger partial charge in [0, 0.05) is 6.61 Å². The minimum Gasteiger partial charge on any atom is -0.396 e. The molecule has 2 atom stereocenters. The van der Waals surface area contributed by atoms with Gasteiger partial charge in [-0.25, -0.2) is 8.42 Å². The predicted octanol–water partition coefficient (Wildman–Crippen LogP) is 1.86. The van der Waals surface area contributed by atoms with Crippen LogP contribution in [0.3, 0.4) is 0 Å².